The molecule has 20 heavy (non-hydrogen) atoms. The summed E-state index contributed by atoms with van der Waals surface area (Å²) >= 11 is 5.87. The molecular formula is C14H16ClNO4. The lowest BCUT2D eigenvalue weighted by molar-refractivity contribution is -0.137. The summed E-state index contributed by atoms with van der Waals surface area (Å²) in [6.07, 6.45) is 1.78. The van der Waals surface area contributed by atoms with Gasteiger partial charge >= 0.3 is 5.97 Å². The number of carbonyl (C=O) groups is 2. The smallest absolute Gasteiger partial charge is 0.305 e. The molecule has 0 heterocycles. The molecule has 0 unspecified atom stereocenters. The third-order valence-electron chi connectivity index (χ3n) is 3.21. The van der Waals surface area contributed by atoms with E-state index in [4.69, 9.17) is 21.4 Å². The molecule has 0 radical (unpaired) electrons. The van der Waals surface area contributed by atoms with Crippen LogP contribution in [-0.4, -0.2) is 41.6 Å². The number of nitrogens with zero attached hydrogens (tertiary/aromatic N) is 1. The highest BCUT2D eigenvalue weighted by atomic mass is 35.5. The molecule has 5 nitrogen and oxygen atoms in total. The zero-order valence-electron chi connectivity index (χ0n) is 11.1. The van der Waals surface area contributed by atoms with E-state index in [0.29, 0.717) is 16.3 Å². The molecule has 1 saturated carbocycles. The number of carboxylic acids is 1. The average molecular weight is 298 g/mol. The van der Waals surface area contributed by atoms with E-state index < -0.39 is 5.97 Å². The second-order valence-corrected chi connectivity index (χ2v) is 5.15. The number of rotatable bonds is 6. The van der Waals surface area contributed by atoms with E-state index in [1.807, 2.05) is 0 Å². The molecule has 0 atom stereocenters. The van der Waals surface area contributed by atoms with Gasteiger partial charge in [-0.25, -0.2) is 0 Å². The topological polar surface area (TPSA) is 66.8 Å². The van der Waals surface area contributed by atoms with Crippen molar-refractivity contribution in [2.24, 2.45) is 0 Å². The summed E-state index contributed by atoms with van der Waals surface area (Å²) in [4.78, 5) is 24.8. The Morgan fingerprint density at radius 2 is 2.15 bits per heavy atom. The minimum atomic E-state index is -0.911. The number of methoxy groups -OCH3 is 1. The number of aliphatic carboxylic acids is 1. The molecule has 1 fully saturated rings. The van der Waals surface area contributed by atoms with Gasteiger partial charge in [0.15, 0.2) is 0 Å². The van der Waals surface area contributed by atoms with Crippen LogP contribution >= 0.6 is 11.6 Å². The van der Waals surface area contributed by atoms with E-state index in [1.54, 1.807) is 23.1 Å². The van der Waals surface area contributed by atoms with Crippen molar-refractivity contribution in [2.45, 2.75) is 25.3 Å². The Bertz CT molecular complexity index is 528. The van der Waals surface area contributed by atoms with Crippen molar-refractivity contribution in [1.82, 2.24) is 4.90 Å². The molecule has 1 aromatic carbocycles. The molecule has 0 bridgehead atoms. The average Bonchev–Trinajstić information content (AvgIpc) is 3.22. The Hall–Kier alpha value is -1.75. The molecule has 0 aromatic heterocycles. The van der Waals surface area contributed by atoms with Crippen LogP contribution in [0.1, 0.15) is 29.6 Å². The van der Waals surface area contributed by atoms with Crippen molar-refractivity contribution >= 4 is 23.5 Å². The van der Waals surface area contributed by atoms with E-state index in [0.717, 1.165) is 12.8 Å². The summed E-state index contributed by atoms with van der Waals surface area (Å²) < 4.78 is 5.17. The molecule has 1 aromatic rings. The fourth-order valence-electron chi connectivity index (χ4n) is 2.05. The van der Waals surface area contributed by atoms with Gasteiger partial charge in [0.1, 0.15) is 5.75 Å². The highest BCUT2D eigenvalue weighted by Gasteiger charge is 2.34. The maximum absolute atomic E-state index is 12.5. The number of amides is 1. The van der Waals surface area contributed by atoms with Crippen LogP contribution in [0, 0.1) is 0 Å². The highest BCUT2D eigenvalue weighted by Crippen LogP contribution is 2.31. The van der Waals surface area contributed by atoms with E-state index in [2.05, 4.69) is 0 Å². The van der Waals surface area contributed by atoms with Gasteiger partial charge in [0.2, 0.25) is 0 Å². The van der Waals surface area contributed by atoms with Crippen LogP contribution in [0.25, 0.3) is 0 Å². The van der Waals surface area contributed by atoms with Gasteiger partial charge in [-0.1, -0.05) is 11.6 Å². The molecule has 1 aliphatic carbocycles. The zero-order valence-corrected chi connectivity index (χ0v) is 11.9. The summed E-state index contributed by atoms with van der Waals surface area (Å²) in [7, 11) is 1.47. The first-order valence-corrected chi connectivity index (χ1v) is 6.77. The van der Waals surface area contributed by atoms with Crippen LogP contribution in [0.2, 0.25) is 5.02 Å². The molecule has 0 aliphatic heterocycles. The van der Waals surface area contributed by atoms with Crippen molar-refractivity contribution in [3.05, 3.63) is 28.8 Å². The molecule has 1 aliphatic rings. The predicted molar refractivity (Wildman–Crippen MR) is 74.3 cm³/mol. The zero-order chi connectivity index (χ0) is 14.7. The molecule has 1 amide bonds. The maximum Gasteiger partial charge on any atom is 0.305 e. The molecule has 2 rings (SSSR count). The molecule has 6 heteroatoms. The molecule has 0 spiro atoms. The number of hydrogen-bond acceptors (Lipinski definition) is 3. The van der Waals surface area contributed by atoms with Gasteiger partial charge in [-0.3, -0.25) is 9.59 Å². The number of hydrogen-bond donors (Lipinski definition) is 1. The van der Waals surface area contributed by atoms with Crippen LogP contribution < -0.4 is 4.74 Å². The van der Waals surface area contributed by atoms with Crippen LogP contribution in [0.4, 0.5) is 0 Å². The van der Waals surface area contributed by atoms with Crippen molar-refractivity contribution < 1.29 is 19.4 Å². The lowest BCUT2D eigenvalue weighted by atomic mass is 10.1. The molecular weight excluding hydrogens is 282 g/mol. The van der Waals surface area contributed by atoms with Gasteiger partial charge in [0.25, 0.3) is 5.91 Å². The van der Waals surface area contributed by atoms with Crippen molar-refractivity contribution in [2.75, 3.05) is 13.7 Å². The first kappa shape index (κ1) is 14.7. The van der Waals surface area contributed by atoms with Crippen LogP contribution in [-0.2, 0) is 4.79 Å². The van der Waals surface area contributed by atoms with Gasteiger partial charge in [0.05, 0.1) is 19.1 Å². The van der Waals surface area contributed by atoms with Crippen molar-refractivity contribution in [3.63, 3.8) is 0 Å². The SMILES string of the molecule is COc1cc(Cl)ccc1C(=O)N(CCC(=O)O)C1CC1. The summed E-state index contributed by atoms with van der Waals surface area (Å²) in [5, 5.41) is 9.26. The standard InChI is InChI=1S/C14H16ClNO4/c1-20-12-8-9(15)2-5-11(12)14(19)16(10-3-4-10)7-6-13(17)18/h2,5,8,10H,3-4,6-7H2,1H3,(H,17,18). The summed E-state index contributed by atoms with van der Waals surface area (Å²) in [5.74, 6) is -0.711. The second-order valence-electron chi connectivity index (χ2n) is 4.72. The highest BCUT2D eigenvalue weighted by molar-refractivity contribution is 6.30. The Balaban J connectivity index is 2.20. The van der Waals surface area contributed by atoms with Gasteiger partial charge in [-0.15, -0.1) is 0 Å². The fourth-order valence-corrected chi connectivity index (χ4v) is 2.21. The fraction of sp³-hybridized carbons (Fsp3) is 0.429. The summed E-state index contributed by atoms with van der Waals surface area (Å²) in [5.41, 5.74) is 0.411. The summed E-state index contributed by atoms with van der Waals surface area (Å²) in [6, 6.07) is 4.96. The van der Waals surface area contributed by atoms with E-state index in [1.165, 1.54) is 7.11 Å². The first-order chi connectivity index (χ1) is 9.52. The van der Waals surface area contributed by atoms with Crippen molar-refractivity contribution in [3.8, 4) is 5.75 Å². The number of carboxylic acid groups (broad SMARTS) is 1. The molecule has 1 N–H and O–H groups in total. The number of halogens is 1. The second kappa shape index (κ2) is 6.13. The molecule has 108 valence electrons. The van der Waals surface area contributed by atoms with Crippen LogP contribution in [0.3, 0.4) is 0 Å². The van der Waals surface area contributed by atoms with Gasteiger partial charge in [0, 0.05) is 17.6 Å². The van der Waals surface area contributed by atoms with Gasteiger partial charge < -0.3 is 14.7 Å². The minimum Gasteiger partial charge on any atom is -0.496 e. The number of benzene rings is 1. The third kappa shape index (κ3) is 3.42. The van der Waals surface area contributed by atoms with Gasteiger partial charge in [-0.05, 0) is 31.0 Å². The Labute approximate surface area is 122 Å². The quantitative estimate of drug-likeness (QED) is 0.875. The van der Waals surface area contributed by atoms with Gasteiger partial charge in [-0.2, -0.15) is 0 Å². The van der Waals surface area contributed by atoms with Crippen molar-refractivity contribution in [1.29, 1.82) is 0 Å². The lowest BCUT2D eigenvalue weighted by Gasteiger charge is -2.22. The molecule has 0 saturated heterocycles. The largest absolute Gasteiger partial charge is 0.496 e. The van der Waals surface area contributed by atoms with Crippen LogP contribution in [0.15, 0.2) is 18.2 Å². The predicted octanol–water partition coefficient (Wildman–Crippen LogP) is 2.43. The normalized spacial score (nSPS) is 13.9. The number of carbonyl (C=O) groups excluding carboxylic acids is 1. The van der Waals surface area contributed by atoms with Crippen LogP contribution in [0.5, 0.6) is 5.75 Å². The lowest BCUT2D eigenvalue weighted by Crippen LogP contribution is -2.35. The third-order valence-corrected chi connectivity index (χ3v) is 3.44. The summed E-state index contributed by atoms with van der Waals surface area (Å²) in [6.45, 7) is 0.213. The monoisotopic (exact) mass is 297 g/mol. The Morgan fingerprint density at radius 3 is 2.70 bits per heavy atom. The Kier molecular flexibility index (Phi) is 4.49. The Morgan fingerprint density at radius 1 is 1.45 bits per heavy atom. The number of ether oxygens (including phenoxy) is 1. The van der Waals surface area contributed by atoms with E-state index >= 15 is 0 Å². The van der Waals surface area contributed by atoms with E-state index in [9.17, 15) is 9.59 Å². The maximum atomic E-state index is 12.5. The minimum absolute atomic E-state index is 0.0574. The van der Waals surface area contributed by atoms with E-state index in [-0.39, 0.29) is 24.9 Å². The first-order valence-electron chi connectivity index (χ1n) is 6.39.